The van der Waals surface area contributed by atoms with Crippen LogP contribution in [0.1, 0.15) is 6.42 Å². The number of benzene rings is 1. The van der Waals surface area contributed by atoms with Crippen LogP contribution in [0.4, 0.5) is 5.69 Å². The summed E-state index contributed by atoms with van der Waals surface area (Å²) in [6.07, 6.45) is 0.232. The molecule has 1 atom stereocenters. The highest BCUT2D eigenvalue weighted by Crippen LogP contribution is 2.20. The van der Waals surface area contributed by atoms with Gasteiger partial charge in [0.2, 0.25) is 0 Å². The molecule has 90 valence electrons. The molecule has 1 rings (SSSR count). The van der Waals surface area contributed by atoms with Gasteiger partial charge in [0.25, 0.3) is 0 Å². The average Bonchev–Trinajstić information content (AvgIpc) is 2.29. The molecule has 0 spiro atoms. The van der Waals surface area contributed by atoms with Gasteiger partial charge in [0.05, 0.1) is 13.2 Å². The van der Waals surface area contributed by atoms with E-state index in [1.165, 1.54) is 0 Å². The quantitative estimate of drug-likeness (QED) is 0.752. The number of nitrogens with zero attached hydrogens (tertiary/aromatic N) is 1. The molecule has 0 saturated heterocycles. The molecular formula is C12H20N2O2. The Morgan fingerprint density at radius 3 is 2.88 bits per heavy atom. The molecular weight excluding hydrogens is 204 g/mol. The molecule has 0 aliphatic rings. The standard InChI is InChI=1S/C12H20N2O2/c1-14(9-11(15)6-7-13)10-4-3-5-12(8-10)16-2/h3-5,8,11,15H,6-7,9,13H2,1-2H3. The number of aliphatic hydroxyl groups is 1. The number of aliphatic hydroxyl groups excluding tert-OH is 1. The van der Waals surface area contributed by atoms with Crippen LogP contribution in [0.2, 0.25) is 0 Å². The van der Waals surface area contributed by atoms with E-state index in [0.717, 1.165) is 11.4 Å². The van der Waals surface area contributed by atoms with Gasteiger partial charge in [-0.3, -0.25) is 0 Å². The van der Waals surface area contributed by atoms with Gasteiger partial charge in [0, 0.05) is 25.3 Å². The summed E-state index contributed by atoms with van der Waals surface area (Å²) < 4.78 is 5.15. The Labute approximate surface area is 96.6 Å². The summed E-state index contributed by atoms with van der Waals surface area (Å²) in [6.45, 7) is 1.08. The van der Waals surface area contributed by atoms with E-state index in [0.29, 0.717) is 19.5 Å². The fraction of sp³-hybridized carbons (Fsp3) is 0.500. The predicted octanol–water partition coefficient (Wildman–Crippen LogP) is 0.841. The van der Waals surface area contributed by atoms with Crippen molar-refractivity contribution in [1.82, 2.24) is 0 Å². The lowest BCUT2D eigenvalue weighted by atomic mass is 10.2. The van der Waals surface area contributed by atoms with Crippen LogP contribution in [0.15, 0.2) is 24.3 Å². The summed E-state index contributed by atoms with van der Waals surface area (Å²) in [5.74, 6) is 0.817. The first kappa shape index (κ1) is 12.8. The fourth-order valence-electron chi connectivity index (χ4n) is 1.55. The van der Waals surface area contributed by atoms with Crippen LogP contribution < -0.4 is 15.4 Å². The average molecular weight is 224 g/mol. The summed E-state index contributed by atoms with van der Waals surface area (Å²) in [6, 6.07) is 7.75. The van der Waals surface area contributed by atoms with Crippen LogP contribution in [-0.2, 0) is 0 Å². The lowest BCUT2D eigenvalue weighted by molar-refractivity contribution is 0.174. The molecule has 1 aromatic rings. The van der Waals surface area contributed by atoms with E-state index in [1.54, 1.807) is 7.11 Å². The lowest BCUT2D eigenvalue weighted by Gasteiger charge is -2.22. The van der Waals surface area contributed by atoms with Gasteiger partial charge < -0.3 is 20.5 Å². The van der Waals surface area contributed by atoms with Crippen molar-refractivity contribution in [2.75, 3.05) is 32.1 Å². The molecule has 1 aromatic carbocycles. The minimum atomic E-state index is -0.388. The summed E-state index contributed by atoms with van der Waals surface area (Å²) in [5.41, 5.74) is 6.41. The van der Waals surface area contributed by atoms with Crippen molar-refractivity contribution in [3.63, 3.8) is 0 Å². The molecule has 0 radical (unpaired) electrons. The highest BCUT2D eigenvalue weighted by atomic mass is 16.5. The van der Waals surface area contributed by atoms with E-state index in [-0.39, 0.29) is 6.10 Å². The van der Waals surface area contributed by atoms with Crippen molar-refractivity contribution in [1.29, 1.82) is 0 Å². The molecule has 4 nitrogen and oxygen atoms in total. The van der Waals surface area contributed by atoms with Crippen LogP contribution >= 0.6 is 0 Å². The number of likely N-dealkylation sites (N-methyl/N-ethyl adjacent to an activating group) is 1. The van der Waals surface area contributed by atoms with Gasteiger partial charge in [-0.1, -0.05) is 6.07 Å². The van der Waals surface area contributed by atoms with Crippen molar-refractivity contribution in [3.8, 4) is 5.75 Å². The van der Waals surface area contributed by atoms with Gasteiger partial charge in [0.1, 0.15) is 5.75 Å². The predicted molar refractivity (Wildman–Crippen MR) is 65.9 cm³/mol. The molecule has 0 aliphatic heterocycles. The molecule has 16 heavy (non-hydrogen) atoms. The van der Waals surface area contributed by atoms with Crippen LogP contribution in [0.3, 0.4) is 0 Å². The van der Waals surface area contributed by atoms with Crippen molar-refractivity contribution in [3.05, 3.63) is 24.3 Å². The number of ether oxygens (including phenoxy) is 1. The molecule has 0 aliphatic carbocycles. The topological polar surface area (TPSA) is 58.7 Å². The van der Waals surface area contributed by atoms with Crippen LogP contribution in [0.25, 0.3) is 0 Å². The highest BCUT2D eigenvalue weighted by molar-refractivity contribution is 5.50. The second kappa shape index (κ2) is 6.35. The molecule has 0 aromatic heterocycles. The van der Waals surface area contributed by atoms with Crippen molar-refractivity contribution in [2.24, 2.45) is 5.73 Å². The molecule has 0 heterocycles. The third kappa shape index (κ3) is 3.72. The number of anilines is 1. The van der Waals surface area contributed by atoms with Gasteiger partial charge in [-0.05, 0) is 25.1 Å². The second-order valence-corrected chi connectivity index (χ2v) is 3.81. The number of methoxy groups -OCH3 is 1. The van der Waals surface area contributed by atoms with Gasteiger partial charge in [-0.2, -0.15) is 0 Å². The van der Waals surface area contributed by atoms with Gasteiger partial charge in [0.15, 0.2) is 0 Å². The lowest BCUT2D eigenvalue weighted by Crippen LogP contribution is -2.30. The summed E-state index contributed by atoms with van der Waals surface area (Å²) >= 11 is 0. The van der Waals surface area contributed by atoms with Crippen LogP contribution in [0, 0.1) is 0 Å². The Morgan fingerprint density at radius 2 is 2.25 bits per heavy atom. The van der Waals surface area contributed by atoms with Crippen molar-refractivity contribution < 1.29 is 9.84 Å². The number of rotatable bonds is 6. The Balaban J connectivity index is 2.61. The van der Waals surface area contributed by atoms with E-state index >= 15 is 0 Å². The Kier molecular flexibility index (Phi) is 5.08. The first-order valence-electron chi connectivity index (χ1n) is 5.40. The normalized spacial score (nSPS) is 12.2. The zero-order chi connectivity index (χ0) is 12.0. The smallest absolute Gasteiger partial charge is 0.120 e. The van der Waals surface area contributed by atoms with Gasteiger partial charge >= 0.3 is 0 Å². The van der Waals surface area contributed by atoms with Crippen molar-refractivity contribution in [2.45, 2.75) is 12.5 Å². The number of hydrogen-bond acceptors (Lipinski definition) is 4. The molecule has 0 saturated carbocycles. The molecule has 4 heteroatoms. The van der Waals surface area contributed by atoms with E-state index in [4.69, 9.17) is 10.5 Å². The fourth-order valence-corrected chi connectivity index (χ4v) is 1.55. The molecule has 0 bridgehead atoms. The highest BCUT2D eigenvalue weighted by Gasteiger charge is 2.08. The summed E-state index contributed by atoms with van der Waals surface area (Å²) in [5, 5.41) is 9.65. The van der Waals surface area contributed by atoms with E-state index < -0.39 is 0 Å². The SMILES string of the molecule is COc1cccc(N(C)CC(O)CCN)c1. The third-order valence-electron chi connectivity index (χ3n) is 2.48. The second-order valence-electron chi connectivity index (χ2n) is 3.81. The molecule has 1 unspecified atom stereocenters. The molecule has 0 amide bonds. The maximum absolute atomic E-state index is 9.65. The number of nitrogens with two attached hydrogens (primary N) is 1. The largest absolute Gasteiger partial charge is 0.497 e. The Morgan fingerprint density at radius 1 is 1.50 bits per heavy atom. The minimum Gasteiger partial charge on any atom is -0.497 e. The molecule has 3 N–H and O–H groups in total. The maximum Gasteiger partial charge on any atom is 0.120 e. The summed E-state index contributed by atoms with van der Waals surface area (Å²) in [4.78, 5) is 1.99. The van der Waals surface area contributed by atoms with Gasteiger partial charge in [-0.15, -0.1) is 0 Å². The maximum atomic E-state index is 9.65. The summed E-state index contributed by atoms with van der Waals surface area (Å²) in [7, 11) is 3.58. The first-order valence-corrected chi connectivity index (χ1v) is 5.40. The van der Waals surface area contributed by atoms with E-state index in [1.807, 2.05) is 36.2 Å². The Hall–Kier alpha value is -1.26. The third-order valence-corrected chi connectivity index (χ3v) is 2.48. The Bertz CT molecular complexity index is 318. The number of hydrogen-bond donors (Lipinski definition) is 2. The minimum absolute atomic E-state index is 0.388. The van der Waals surface area contributed by atoms with E-state index in [9.17, 15) is 5.11 Å². The van der Waals surface area contributed by atoms with Crippen LogP contribution in [-0.4, -0.2) is 38.5 Å². The first-order chi connectivity index (χ1) is 7.67. The van der Waals surface area contributed by atoms with Gasteiger partial charge in [-0.25, -0.2) is 0 Å². The molecule has 0 fully saturated rings. The zero-order valence-electron chi connectivity index (χ0n) is 9.89. The van der Waals surface area contributed by atoms with Crippen LogP contribution in [0.5, 0.6) is 5.75 Å². The zero-order valence-corrected chi connectivity index (χ0v) is 9.89. The van der Waals surface area contributed by atoms with Crippen molar-refractivity contribution >= 4 is 5.69 Å². The van der Waals surface area contributed by atoms with E-state index in [2.05, 4.69) is 0 Å². The monoisotopic (exact) mass is 224 g/mol.